The molecule has 0 radical (unpaired) electrons. The molecular weight excluding hydrogens is 289 g/mol. The maximum atomic E-state index is 13.8. The van der Waals surface area contributed by atoms with E-state index in [-0.39, 0.29) is 24.2 Å². The van der Waals surface area contributed by atoms with Crippen LogP contribution < -0.4 is 10.6 Å². The SMILES string of the molecule is CC(=O)Nc1ccc(F)c(NC(=O)N2CCCC[C@H]2CO)c1. The molecule has 0 bridgehead atoms. The predicted molar refractivity (Wildman–Crippen MR) is 81.2 cm³/mol. The average Bonchev–Trinajstić information content (AvgIpc) is 2.50. The molecule has 22 heavy (non-hydrogen) atoms. The van der Waals surface area contributed by atoms with Crippen molar-refractivity contribution in [3.05, 3.63) is 24.0 Å². The quantitative estimate of drug-likeness (QED) is 0.800. The second kappa shape index (κ2) is 7.22. The smallest absolute Gasteiger partial charge is 0.322 e. The molecule has 1 saturated heterocycles. The fraction of sp³-hybridized carbons (Fsp3) is 0.467. The molecule has 1 aliphatic heterocycles. The molecule has 1 atom stereocenters. The van der Waals surface area contributed by atoms with Crippen LogP contribution in [0.5, 0.6) is 0 Å². The number of hydrogen-bond donors (Lipinski definition) is 3. The van der Waals surface area contributed by atoms with E-state index in [0.29, 0.717) is 12.2 Å². The molecule has 0 spiro atoms. The summed E-state index contributed by atoms with van der Waals surface area (Å²) in [6.07, 6.45) is 2.55. The number of anilines is 2. The Morgan fingerprint density at radius 1 is 1.36 bits per heavy atom. The maximum absolute atomic E-state index is 13.8. The van der Waals surface area contributed by atoms with Crippen molar-refractivity contribution in [1.82, 2.24) is 4.90 Å². The van der Waals surface area contributed by atoms with Gasteiger partial charge in [-0.15, -0.1) is 0 Å². The van der Waals surface area contributed by atoms with Gasteiger partial charge in [0.25, 0.3) is 0 Å². The molecule has 0 saturated carbocycles. The van der Waals surface area contributed by atoms with Crippen molar-refractivity contribution in [3.8, 4) is 0 Å². The molecule has 7 heteroatoms. The Hall–Kier alpha value is -2.15. The van der Waals surface area contributed by atoms with Crippen LogP contribution in [0.1, 0.15) is 26.2 Å². The number of rotatable bonds is 3. The second-order valence-corrected chi connectivity index (χ2v) is 5.33. The number of benzene rings is 1. The standard InChI is InChI=1S/C15H20FN3O3/c1-10(21)17-11-5-6-13(16)14(8-11)18-15(22)19-7-3-2-4-12(19)9-20/h5-6,8,12,20H,2-4,7,9H2,1H3,(H,17,21)(H,18,22)/t12-/m0/s1. The van der Waals surface area contributed by atoms with E-state index in [1.54, 1.807) is 0 Å². The first-order valence-corrected chi connectivity index (χ1v) is 7.27. The molecule has 0 aliphatic carbocycles. The number of aliphatic hydroxyl groups excluding tert-OH is 1. The van der Waals surface area contributed by atoms with Gasteiger partial charge in [0.1, 0.15) is 5.82 Å². The van der Waals surface area contributed by atoms with Gasteiger partial charge in [-0.1, -0.05) is 0 Å². The van der Waals surface area contributed by atoms with Crippen molar-refractivity contribution < 1.29 is 19.1 Å². The van der Waals surface area contributed by atoms with Crippen molar-refractivity contribution in [2.45, 2.75) is 32.2 Å². The highest BCUT2D eigenvalue weighted by molar-refractivity contribution is 5.92. The van der Waals surface area contributed by atoms with Gasteiger partial charge in [-0.2, -0.15) is 0 Å². The van der Waals surface area contributed by atoms with Gasteiger partial charge < -0.3 is 20.6 Å². The van der Waals surface area contributed by atoms with Gasteiger partial charge in [0, 0.05) is 19.2 Å². The largest absolute Gasteiger partial charge is 0.394 e. The van der Waals surface area contributed by atoms with Crippen LogP contribution in [0.3, 0.4) is 0 Å². The van der Waals surface area contributed by atoms with Crippen molar-refractivity contribution in [3.63, 3.8) is 0 Å². The molecule has 6 nitrogen and oxygen atoms in total. The Labute approximate surface area is 128 Å². The van der Waals surface area contributed by atoms with Crippen LogP contribution in [0, 0.1) is 5.82 Å². The minimum atomic E-state index is -0.583. The molecule has 1 heterocycles. The van der Waals surface area contributed by atoms with E-state index >= 15 is 0 Å². The molecule has 3 amide bonds. The number of halogens is 1. The summed E-state index contributed by atoms with van der Waals surface area (Å²) in [5, 5.41) is 14.4. The highest BCUT2D eigenvalue weighted by Gasteiger charge is 2.26. The molecule has 1 aliphatic rings. The van der Waals surface area contributed by atoms with Crippen LogP contribution in [-0.2, 0) is 4.79 Å². The zero-order valence-corrected chi connectivity index (χ0v) is 12.4. The number of likely N-dealkylation sites (tertiary alicyclic amines) is 1. The molecule has 1 fully saturated rings. The van der Waals surface area contributed by atoms with Crippen molar-refractivity contribution in [1.29, 1.82) is 0 Å². The monoisotopic (exact) mass is 309 g/mol. The molecule has 0 unspecified atom stereocenters. The van der Waals surface area contributed by atoms with E-state index in [2.05, 4.69) is 10.6 Å². The van der Waals surface area contributed by atoms with Gasteiger partial charge in [0.2, 0.25) is 5.91 Å². The molecule has 0 aromatic heterocycles. The van der Waals surface area contributed by atoms with Crippen LogP contribution in [-0.4, -0.2) is 41.1 Å². The third kappa shape index (κ3) is 3.94. The molecule has 120 valence electrons. The van der Waals surface area contributed by atoms with E-state index in [1.807, 2.05) is 0 Å². The van der Waals surface area contributed by atoms with Gasteiger partial charge in [0.15, 0.2) is 0 Å². The number of nitrogens with one attached hydrogen (secondary N) is 2. The van der Waals surface area contributed by atoms with Crippen LogP contribution >= 0.6 is 0 Å². The molecule has 2 rings (SSSR count). The number of aliphatic hydroxyl groups is 1. The number of amides is 3. The highest BCUT2D eigenvalue weighted by atomic mass is 19.1. The summed E-state index contributed by atoms with van der Waals surface area (Å²) in [6, 6.07) is 3.28. The fourth-order valence-electron chi connectivity index (χ4n) is 2.55. The van der Waals surface area contributed by atoms with Gasteiger partial charge in [-0.05, 0) is 37.5 Å². The normalized spacial score (nSPS) is 18.0. The first kappa shape index (κ1) is 16.2. The highest BCUT2D eigenvalue weighted by Crippen LogP contribution is 2.22. The number of urea groups is 1. The lowest BCUT2D eigenvalue weighted by Crippen LogP contribution is -2.47. The molecule has 1 aromatic carbocycles. The average molecular weight is 309 g/mol. The number of hydrogen-bond acceptors (Lipinski definition) is 3. The Kier molecular flexibility index (Phi) is 5.32. The summed E-state index contributed by atoms with van der Waals surface area (Å²) >= 11 is 0. The zero-order chi connectivity index (χ0) is 16.1. The van der Waals surface area contributed by atoms with Crippen molar-refractivity contribution in [2.24, 2.45) is 0 Å². The summed E-state index contributed by atoms with van der Waals surface area (Å²) in [6.45, 7) is 1.77. The lowest BCUT2D eigenvalue weighted by molar-refractivity contribution is -0.114. The maximum Gasteiger partial charge on any atom is 0.322 e. The summed E-state index contributed by atoms with van der Waals surface area (Å²) in [7, 11) is 0. The van der Waals surface area contributed by atoms with Crippen LogP contribution in [0.15, 0.2) is 18.2 Å². The van der Waals surface area contributed by atoms with Crippen LogP contribution in [0.2, 0.25) is 0 Å². The molecular formula is C15H20FN3O3. The van der Waals surface area contributed by atoms with E-state index in [9.17, 15) is 19.1 Å². The Morgan fingerprint density at radius 2 is 2.14 bits per heavy atom. The third-order valence-corrected chi connectivity index (χ3v) is 3.63. The first-order valence-electron chi connectivity index (χ1n) is 7.27. The van der Waals surface area contributed by atoms with Gasteiger partial charge in [-0.3, -0.25) is 4.79 Å². The summed E-state index contributed by atoms with van der Waals surface area (Å²) < 4.78 is 13.8. The fourth-order valence-corrected chi connectivity index (χ4v) is 2.55. The predicted octanol–water partition coefficient (Wildman–Crippen LogP) is 2.16. The van der Waals surface area contributed by atoms with Crippen molar-refractivity contribution >= 4 is 23.3 Å². The second-order valence-electron chi connectivity index (χ2n) is 5.33. The third-order valence-electron chi connectivity index (χ3n) is 3.63. The van der Waals surface area contributed by atoms with Gasteiger partial charge in [-0.25, -0.2) is 9.18 Å². The van der Waals surface area contributed by atoms with E-state index < -0.39 is 11.8 Å². The lowest BCUT2D eigenvalue weighted by Gasteiger charge is -2.34. The number of piperidine rings is 1. The minimum Gasteiger partial charge on any atom is -0.394 e. The summed E-state index contributed by atoms with van der Waals surface area (Å²) in [4.78, 5) is 24.8. The molecule has 1 aromatic rings. The van der Waals surface area contributed by atoms with Gasteiger partial charge >= 0.3 is 6.03 Å². The Balaban J connectivity index is 2.11. The first-order chi connectivity index (χ1) is 10.5. The number of carbonyl (C=O) groups excluding carboxylic acids is 2. The van der Waals surface area contributed by atoms with E-state index in [1.165, 1.54) is 30.0 Å². The number of nitrogens with zero attached hydrogens (tertiary/aromatic N) is 1. The summed E-state index contributed by atoms with van der Waals surface area (Å²) in [5.41, 5.74) is 0.403. The van der Waals surface area contributed by atoms with Crippen LogP contribution in [0.4, 0.5) is 20.6 Å². The molecule has 3 N–H and O–H groups in total. The zero-order valence-electron chi connectivity index (χ0n) is 12.4. The van der Waals surface area contributed by atoms with Crippen molar-refractivity contribution in [2.75, 3.05) is 23.8 Å². The number of carbonyl (C=O) groups is 2. The lowest BCUT2D eigenvalue weighted by atomic mass is 10.0. The summed E-state index contributed by atoms with van der Waals surface area (Å²) in [5.74, 6) is -0.861. The Bertz CT molecular complexity index is 565. The van der Waals surface area contributed by atoms with E-state index in [4.69, 9.17) is 0 Å². The Morgan fingerprint density at radius 3 is 2.82 bits per heavy atom. The van der Waals surface area contributed by atoms with Gasteiger partial charge in [0.05, 0.1) is 18.3 Å². The topological polar surface area (TPSA) is 81.7 Å². The van der Waals surface area contributed by atoms with Crippen LogP contribution in [0.25, 0.3) is 0 Å². The minimum absolute atomic E-state index is 0.00138. The van der Waals surface area contributed by atoms with E-state index in [0.717, 1.165) is 19.3 Å².